The summed E-state index contributed by atoms with van der Waals surface area (Å²) in [5.41, 5.74) is 1.72. The number of rotatable bonds is 4. The molecule has 0 fully saturated rings. The van der Waals surface area contributed by atoms with Crippen molar-refractivity contribution in [1.29, 1.82) is 0 Å². The van der Waals surface area contributed by atoms with Gasteiger partial charge in [-0.15, -0.1) is 0 Å². The van der Waals surface area contributed by atoms with E-state index in [1.165, 1.54) is 26.4 Å². The lowest BCUT2D eigenvalue weighted by Gasteiger charge is -2.16. The fourth-order valence-electron chi connectivity index (χ4n) is 2.18. The number of halogens is 2. The van der Waals surface area contributed by atoms with Gasteiger partial charge in [0.1, 0.15) is 11.9 Å². The van der Waals surface area contributed by atoms with Gasteiger partial charge in [0, 0.05) is 16.1 Å². The summed E-state index contributed by atoms with van der Waals surface area (Å²) in [7, 11) is 2.90. The van der Waals surface area contributed by atoms with Crippen molar-refractivity contribution in [1.82, 2.24) is 0 Å². The molecule has 0 heterocycles. The van der Waals surface area contributed by atoms with Crippen LogP contribution in [0.1, 0.15) is 22.8 Å². The van der Waals surface area contributed by atoms with Crippen LogP contribution in [-0.2, 0) is 0 Å². The number of benzene rings is 2. The average Bonchev–Trinajstić information content (AvgIpc) is 2.45. The zero-order chi connectivity index (χ0) is 15.6. The summed E-state index contributed by atoms with van der Waals surface area (Å²) >= 11 is 3.37. The smallest absolute Gasteiger partial charge is 0.163 e. The van der Waals surface area contributed by atoms with E-state index in [1.807, 2.05) is 19.1 Å². The monoisotopic (exact) mass is 354 g/mol. The van der Waals surface area contributed by atoms with Crippen LogP contribution in [0.15, 0.2) is 34.8 Å². The van der Waals surface area contributed by atoms with E-state index in [2.05, 4.69) is 15.9 Å². The SMILES string of the molecule is COc1cc(F)c(C(O)c2cc(C)cc(Br)c2)cc1OC. The summed E-state index contributed by atoms with van der Waals surface area (Å²) < 4.78 is 25.2. The summed E-state index contributed by atoms with van der Waals surface area (Å²) in [6.07, 6.45) is -1.08. The first-order chi connectivity index (χ1) is 9.96. The average molecular weight is 355 g/mol. The molecule has 21 heavy (non-hydrogen) atoms. The Morgan fingerprint density at radius 2 is 1.67 bits per heavy atom. The molecule has 0 aliphatic rings. The number of aliphatic hydroxyl groups is 1. The van der Waals surface area contributed by atoms with Crippen molar-refractivity contribution in [2.45, 2.75) is 13.0 Å². The number of ether oxygens (including phenoxy) is 2. The van der Waals surface area contributed by atoms with E-state index in [-0.39, 0.29) is 11.3 Å². The zero-order valence-corrected chi connectivity index (χ0v) is 13.6. The lowest BCUT2D eigenvalue weighted by molar-refractivity contribution is 0.213. The molecule has 1 atom stereocenters. The van der Waals surface area contributed by atoms with Crippen molar-refractivity contribution in [2.75, 3.05) is 14.2 Å². The summed E-state index contributed by atoms with van der Waals surface area (Å²) in [5.74, 6) is 0.119. The molecule has 112 valence electrons. The molecule has 0 spiro atoms. The molecular formula is C16H16BrFO3. The molecule has 0 aliphatic heterocycles. The predicted octanol–water partition coefficient (Wildman–Crippen LogP) is 4.00. The Hall–Kier alpha value is -1.59. The highest BCUT2D eigenvalue weighted by atomic mass is 79.9. The number of hydrogen-bond acceptors (Lipinski definition) is 3. The van der Waals surface area contributed by atoms with E-state index in [0.717, 1.165) is 10.0 Å². The minimum absolute atomic E-state index is 0.144. The minimum Gasteiger partial charge on any atom is -0.493 e. The highest BCUT2D eigenvalue weighted by Crippen LogP contribution is 2.35. The molecule has 2 aromatic rings. The second-order valence-electron chi connectivity index (χ2n) is 4.69. The summed E-state index contributed by atoms with van der Waals surface area (Å²) in [5, 5.41) is 10.4. The maximum absolute atomic E-state index is 14.2. The molecule has 5 heteroatoms. The van der Waals surface area contributed by atoms with Gasteiger partial charge in [-0.1, -0.05) is 22.0 Å². The van der Waals surface area contributed by atoms with Gasteiger partial charge in [-0.05, 0) is 36.2 Å². The number of methoxy groups -OCH3 is 2. The Bertz CT molecular complexity index is 638. The van der Waals surface area contributed by atoms with Crippen LogP contribution < -0.4 is 9.47 Å². The summed E-state index contributed by atoms with van der Waals surface area (Å²) in [4.78, 5) is 0. The van der Waals surface area contributed by atoms with Crippen molar-refractivity contribution in [3.63, 3.8) is 0 Å². The van der Waals surface area contributed by atoms with Gasteiger partial charge in [-0.25, -0.2) is 4.39 Å². The maximum Gasteiger partial charge on any atom is 0.163 e. The minimum atomic E-state index is -1.08. The van der Waals surface area contributed by atoms with Crippen molar-refractivity contribution in [3.05, 3.63) is 57.3 Å². The lowest BCUT2D eigenvalue weighted by atomic mass is 9.99. The highest BCUT2D eigenvalue weighted by molar-refractivity contribution is 9.10. The normalized spacial score (nSPS) is 12.1. The predicted molar refractivity (Wildman–Crippen MR) is 82.4 cm³/mol. The van der Waals surface area contributed by atoms with Crippen LogP contribution in [0.2, 0.25) is 0 Å². The van der Waals surface area contributed by atoms with Crippen LogP contribution in [0.4, 0.5) is 4.39 Å². The van der Waals surface area contributed by atoms with Crippen LogP contribution in [0.5, 0.6) is 11.5 Å². The van der Waals surface area contributed by atoms with Gasteiger partial charge in [0.05, 0.1) is 14.2 Å². The molecule has 1 N–H and O–H groups in total. The highest BCUT2D eigenvalue weighted by Gasteiger charge is 2.19. The van der Waals surface area contributed by atoms with Gasteiger partial charge in [0.15, 0.2) is 11.5 Å². The Kier molecular flexibility index (Phi) is 4.85. The Morgan fingerprint density at radius 1 is 1.05 bits per heavy atom. The van der Waals surface area contributed by atoms with Crippen LogP contribution >= 0.6 is 15.9 Å². The van der Waals surface area contributed by atoms with Gasteiger partial charge in [0.25, 0.3) is 0 Å². The molecule has 0 amide bonds. The number of aryl methyl sites for hydroxylation is 1. The van der Waals surface area contributed by atoms with E-state index < -0.39 is 11.9 Å². The van der Waals surface area contributed by atoms with E-state index in [0.29, 0.717) is 11.3 Å². The third-order valence-electron chi connectivity index (χ3n) is 3.18. The quantitative estimate of drug-likeness (QED) is 0.901. The molecule has 0 saturated heterocycles. The second-order valence-corrected chi connectivity index (χ2v) is 5.61. The lowest BCUT2D eigenvalue weighted by Crippen LogP contribution is -2.05. The molecule has 0 saturated carbocycles. The van der Waals surface area contributed by atoms with E-state index >= 15 is 0 Å². The van der Waals surface area contributed by atoms with Gasteiger partial charge < -0.3 is 14.6 Å². The number of aliphatic hydroxyl groups excluding tert-OH is 1. The van der Waals surface area contributed by atoms with Crippen molar-refractivity contribution < 1.29 is 19.0 Å². The fourth-order valence-corrected chi connectivity index (χ4v) is 2.81. The van der Waals surface area contributed by atoms with Crippen molar-refractivity contribution in [2.24, 2.45) is 0 Å². The van der Waals surface area contributed by atoms with Crippen LogP contribution in [-0.4, -0.2) is 19.3 Å². The van der Waals surface area contributed by atoms with Crippen LogP contribution in [0.3, 0.4) is 0 Å². The molecule has 2 aromatic carbocycles. The van der Waals surface area contributed by atoms with Gasteiger partial charge >= 0.3 is 0 Å². The first kappa shape index (κ1) is 15.8. The van der Waals surface area contributed by atoms with E-state index in [9.17, 15) is 9.50 Å². The molecule has 0 radical (unpaired) electrons. The Morgan fingerprint density at radius 3 is 2.24 bits per heavy atom. The summed E-state index contributed by atoms with van der Waals surface area (Å²) in [6, 6.07) is 8.15. The Balaban J connectivity index is 2.49. The van der Waals surface area contributed by atoms with Gasteiger partial charge in [-0.3, -0.25) is 0 Å². The molecule has 3 nitrogen and oxygen atoms in total. The van der Waals surface area contributed by atoms with Crippen LogP contribution in [0.25, 0.3) is 0 Å². The molecule has 0 aliphatic carbocycles. The molecule has 0 bridgehead atoms. The van der Waals surface area contributed by atoms with Crippen LogP contribution in [0, 0.1) is 12.7 Å². The van der Waals surface area contributed by atoms with Crippen molar-refractivity contribution >= 4 is 15.9 Å². The topological polar surface area (TPSA) is 38.7 Å². The summed E-state index contributed by atoms with van der Waals surface area (Å²) in [6.45, 7) is 1.91. The van der Waals surface area contributed by atoms with E-state index in [1.54, 1.807) is 6.07 Å². The molecule has 1 unspecified atom stereocenters. The molecule has 0 aromatic heterocycles. The zero-order valence-electron chi connectivity index (χ0n) is 12.0. The molecule has 2 rings (SSSR count). The first-order valence-electron chi connectivity index (χ1n) is 6.33. The fraction of sp³-hybridized carbons (Fsp3) is 0.250. The molecular weight excluding hydrogens is 339 g/mol. The largest absolute Gasteiger partial charge is 0.493 e. The van der Waals surface area contributed by atoms with Gasteiger partial charge in [-0.2, -0.15) is 0 Å². The second kappa shape index (κ2) is 6.45. The standard InChI is InChI=1S/C16H16BrFO3/c1-9-4-10(6-11(17)5-9)16(19)12-7-14(20-2)15(21-3)8-13(12)18/h4-8,16,19H,1-3H3. The third kappa shape index (κ3) is 3.36. The maximum atomic E-state index is 14.2. The third-order valence-corrected chi connectivity index (χ3v) is 3.64. The van der Waals surface area contributed by atoms with E-state index in [4.69, 9.17) is 9.47 Å². The Labute approximate surface area is 131 Å². The number of hydrogen-bond donors (Lipinski definition) is 1. The van der Waals surface area contributed by atoms with Crippen molar-refractivity contribution in [3.8, 4) is 11.5 Å². The first-order valence-corrected chi connectivity index (χ1v) is 7.12. The van der Waals surface area contributed by atoms with Gasteiger partial charge in [0.2, 0.25) is 0 Å².